The number of carboxylic acids is 1. The van der Waals surface area contributed by atoms with E-state index in [-0.39, 0.29) is 0 Å². The molecule has 0 aliphatic carbocycles. The van der Waals surface area contributed by atoms with E-state index in [1.807, 2.05) is 6.92 Å². The van der Waals surface area contributed by atoms with Crippen LogP contribution in [0, 0.1) is 5.92 Å². The van der Waals surface area contributed by atoms with Gasteiger partial charge >= 0.3 is 12.1 Å². The van der Waals surface area contributed by atoms with Crippen molar-refractivity contribution >= 4 is 12.1 Å². The van der Waals surface area contributed by atoms with E-state index in [4.69, 9.17) is 9.84 Å². The molecule has 5 heteroatoms. The Morgan fingerprint density at radius 1 is 1.35 bits per heavy atom. The van der Waals surface area contributed by atoms with Crippen molar-refractivity contribution in [1.82, 2.24) is 4.90 Å². The van der Waals surface area contributed by atoms with E-state index in [9.17, 15) is 9.59 Å². The van der Waals surface area contributed by atoms with Crippen molar-refractivity contribution in [2.24, 2.45) is 5.92 Å². The molecule has 0 saturated carbocycles. The highest BCUT2D eigenvalue weighted by atomic mass is 16.6. The molecule has 17 heavy (non-hydrogen) atoms. The number of hydrogen-bond donors (Lipinski definition) is 1. The fraction of sp³-hybridized carbons (Fsp3) is 0.833. The first-order chi connectivity index (χ1) is 7.70. The SMILES string of the molecule is CC1CCN(C(=O)OC(C)(C)C)[C@H](C(=O)O)C1. The van der Waals surface area contributed by atoms with Gasteiger partial charge in [0.2, 0.25) is 0 Å². The van der Waals surface area contributed by atoms with Crippen LogP contribution in [-0.4, -0.2) is 40.3 Å². The second kappa shape index (κ2) is 4.94. The lowest BCUT2D eigenvalue weighted by atomic mass is 9.93. The fourth-order valence-corrected chi connectivity index (χ4v) is 1.91. The molecule has 0 spiro atoms. The number of rotatable bonds is 1. The van der Waals surface area contributed by atoms with Gasteiger partial charge in [-0.15, -0.1) is 0 Å². The maximum Gasteiger partial charge on any atom is 0.411 e. The van der Waals surface area contributed by atoms with Crippen molar-refractivity contribution in [3.05, 3.63) is 0 Å². The summed E-state index contributed by atoms with van der Waals surface area (Å²) in [4.78, 5) is 24.3. The average molecular weight is 243 g/mol. The summed E-state index contributed by atoms with van der Waals surface area (Å²) >= 11 is 0. The molecule has 1 rings (SSSR count). The number of carbonyl (C=O) groups excluding carboxylic acids is 1. The number of ether oxygens (including phenoxy) is 1. The predicted octanol–water partition coefficient (Wildman–Crippen LogP) is 2.11. The highest BCUT2D eigenvalue weighted by Gasteiger charge is 2.36. The maximum absolute atomic E-state index is 11.9. The van der Waals surface area contributed by atoms with Gasteiger partial charge < -0.3 is 9.84 Å². The number of amides is 1. The van der Waals surface area contributed by atoms with Gasteiger partial charge in [0.05, 0.1) is 0 Å². The molecule has 1 N–H and O–H groups in total. The van der Waals surface area contributed by atoms with Crippen LogP contribution in [0.2, 0.25) is 0 Å². The summed E-state index contributed by atoms with van der Waals surface area (Å²) in [5, 5.41) is 9.12. The first-order valence-electron chi connectivity index (χ1n) is 5.93. The number of carbonyl (C=O) groups is 2. The van der Waals surface area contributed by atoms with Crippen molar-refractivity contribution in [3.8, 4) is 0 Å². The van der Waals surface area contributed by atoms with Gasteiger partial charge in [0.15, 0.2) is 0 Å². The Labute approximate surface area is 102 Å². The van der Waals surface area contributed by atoms with Crippen molar-refractivity contribution in [1.29, 1.82) is 0 Å². The Morgan fingerprint density at radius 2 is 1.94 bits per heavy atom. The fourth-order valence-electron chi connectivity index (χ4n) is 1.91. The Bertz CT molecular complexity index is 308. The molecule has 2 atom stereocenters. The molecule has 1 aliphatic rings. The number of likely N-dealkylation sites (tertiary alicyclic amines) is 1. The smallest absolute Gasteiger partial charge is 0.411 e. The minimum atomic E-state index is -0.956. The van der Waals surface area contributed by atoms with Crippen LogP contribution in [0.25, 0.3) is 0 Å². The van der Waals surface area contributed by atoms with E-state index in [2.05, 4.69) is 0 Å². The normalized spacial score (nSPS) is 25.5. The third-order valence-corrected chi connectivity index (χ3v) is 2.78. The molecule has 0 bridgehead atoms. The predicted molar refractivity (Wildman–Crippen MR) is 62.8 cm³/mol. The quantitative estimate of drug-likeness (QED) is 0.766. The number of carboxylic acid groups (broad SMARTS) is 1. The van der Waals surface area contributed by atoms with E-state index in [1.165, 1.54) is 4.90 Å². The van der Waals surface area contributed by atoms with E-state index in [0.717, 1.165) is 6.42 Å². The lowest BCUT2D eigenvalue weighted by Gasteiger charge is -2.36. The first-order valence-corrected chi connectivity index (χ1v) is 5.93. The third kappa shape index (κ3) is 3.91. The molecule has 1 fully saturated rings. The Balaban J connectivity index is 2.73. The number of piperidine rings is 1. The molecule has 0 radical (unpaired) electrons. The minimum Gasteiger partial charge on any atom is -0.480 e. The summed E-state index contributed by atoms with van der Waals surface area (Å²) < 4.78 is 5.22. The zero-order valence-corrected chi connectivity index (χ0v) is 10.9. The zero-order chi connectivity index (χ0) is 13.2. The molecule has 1 amide bonds. The van der Waals surface area contributed by atoms with Crippen LogP contribution >= 0.6 is 0 Å². The first kappa shape index (κ1) is 13.8. The van der Waals surface area contributed by atoms with Gasteiger partial charge in [-0.05, 0) is 39.5 Å². The van der Waals surface area contributed by atoms with E-state index in [0.29, 0.717) is 18.9 Å². The van der Waals surface area contributed by atoms with E-state index in [1.54, 1.807) is 20.8 Å². The molecule has 1 heterocycles. The summed E-state index contributed by atoms with van der Waals surface area (Å²) in [6.45, 7) is 7.77. The Morgan fingerprint density at radius 3 is 2.41 bits per heavy atom. The number of nitrogens with zero attached hydrogens (tertiary/aromatic N) is 1. The molecule has 1 saturated heterocycles. The van der Waals surface area contributed by atoms with Crippen molar-refractivity contribution in [2.75, 3.05) is 6.54 Å². The van der Waals surface area contributed by atoms with Crippen LogP contribution in [0.15, 0.2) is 0 Å². The summed E-state index contributed by atoms with van der Waals surface area (Å²) in [6.07, 6.45) is 0.786. The maximum atomic E-state index is 11.9. The van der Waals surface area contributed by atoms with Crippen molar-refractivity contribution in [3.63, 3.8) is 0 Å². The summed E-state index contributed by atoms with van der Waals surface area (Å²) in [7, 11) is 0. The topological polar surface area (TPSA) is 66.8 Å². The molecule has 0 aromatic carbocycles. The van der Waals surface area contributed by atoms with E-state index >= 15 is 0 Å². The van der Waals surface area contributed by atoms with E-state index < -0.39 is 23.7 Å². The lowest BCUT2D eigenvalue weighted by molar-refractivity contribution is -0.145. The highest BCUT2D eigenvalue weighted by molar-refractivity contribution is 5.80. The molecular formula is C12H21NO4. The summed E-state index contributed by atoms with van der Waals surface area (Å²) in [6, 6.07) is -0.756. The van der Waals surface area contributed by atoms with Crippen LogP contribution in [-0.2, 0) is 9.53 Å². The molecular weight excluding hydrogens is 222 g/mol. The van der Waals surface area contributed by atoms with Gasteiger partial charge in [-0.25, -0.2) is 9.59 Å². The molecule has 1 unspecified atom stereocenters. The van der Waals surface area contributed by atoms with Crippen LogP contribution in [0.3, 0.4) is 0 Å². The largest absolute Gasteiger partial charge is 0.480 e. The molecule has 5 nitrogen and oxygen atoms in total. The third-order valence-electron chi connectivity index (χ3n) is 2.78. The number of aliphatic carboxylic acids is 1. The van der Waals surface area contributed by atoms with Crippen molar-refractivity contribution < 1.29 is 19.4 Å². The van der Waals surface area contributed by atoms with Crippen LogP contribution < -0.4 is 0 Å². The van der Waals surface area contributed by atoms with Gasteiger partial charge in [0, 0.05) is 6.54 Å². The summed E-state index contributed by atoms with van der Waals surface area (Å²) in [5.74, 6) is -0.628. The standard InChI is InChI=1S/C12H21NO4/c1-8-5-6-13(9(7-8)10(14)15)11(16)17-12(2,3)4/h8-9H,5-7H2,1-4H3,(H,14,15)/t8?,9-/m0/s1. The molecule has 0 aromatic heterocycles. The monoisotopic (exact) mass is 243 g/mol. The lowest BCUT2D eigenvalue weighted by Crippen LogP contribution is -2.51. The molecule has 0 aromatic rings. The van der Waals surface area contributed by atoms with Gasteiger partial charge in [-0.3, -0.25) is 4.90 Å². The second-order valence-electron chi connectivity index (χ2n) is 5.66. The van der Waals surface area contributed by atoms with Gasteiger partial charge in [0.1, 0.15) is 11.6 Å². The second-order valence-corrected chi connectivity index (χ2v) is 5.66. The Kier molecular flexibility index (Phi) is 4.01. The number of hydrogen-bond acceptors (Lipinski definition) is 3. The molecule has 98 valence electrons. The summed E-state index contributed by atoms with van der Waals surface area (Å²) in [5.41, 5.74) is -0.594. The van der Waals surface area contributed by atoms with Crippen LogP contribution in [0.4, 0.5) is 4.79 Å². The van der Waals surface area contributed by atoms with Crippen LogP contribution in [0.5, 0.6) is 0 Å². The van der Waals surface area contributed by atoms with Gasteiger partial charge in [0.25, 0.3) is 0 Å². The van der Waals surface area contributed by atoms with Gasteiger partial charge in [-0.2, -0.15) is 0 Å². The zero-order valence-electron chi connectivity index (χ0n) is 10.9. The minimum absolute atomic E-state index is 0.329. The van der Waals surface area contributed by atoms with Gasteiger partial charge in [-0.1, -0.05) is 6.92 Å². The molecule has 1 aliphatic heterocycles. The Hall–Kier alpha value is -1.26. The average Bonchev–Trinajstić information content (AvgIpc) is 2.14. The highest BCUT2D eigenvalue weighted by Crippen LogP contribution is 2.24. The van der Waals surface area contributed by atoms with Crippen molar-refractivity contribution in [2.45, 2.75) is 52.2 Å². The van der Waals surface area contributed by atoms with Crippen LogP contribution in [0.1, 0.15) is 40.5 Å².